The second-order valence-electron chi connectivity index (χ2n) is 6.65. The zero-order valence-corrected chi connectivity index (χ0v) is 14.0. The number of carbonyl (C=O) groups is 1. The van der Waals surface area contributed by atoms with Crippen molar-refractivity contribution in [1.29, 1.82) is 0 Å². The number of carbonyl (C=O) groups excluding carboxylic acids is 1. The van der Waals surface area contributed by atoms with Gasteiger partial charge in [0, 0.05) is 12.1 Å². The minimum atomic E-state index is -0.446. The summed E-state index contributed by atoms with van der Waals surface area (Å²) < 4.78 is 5.08. The summed E-state index contributed by atoms with van der Waals surface area (Å²) >= 11 is 0. The van der Waals surface area contributed by atoms with Crippen LogP contribution < -0.4 is 5.32 Å². The average molecular weight is 296 g/mol. The van der Waals surface area contributed by atoms with Crippen molar-refractivity contribution in [2.75, 3.05) is 20.2 Å². The molecule has 3 unspecified atom stereocenters. The lowest BCUT2D eigenvalue weighted by Gasteiger charge is -2.36. The molecule has 4 nitrogen and oxygen atoms in total. The minimum Gasteiger partial charge on any atom is -0.468 e. The van der Waals surface area contributed by atoms with Crippen molar-refractivity contribution in [2.24, 2.45) is 0 Å². The van der Waals surface area contributed by atoms with Gasteiger partial charge in [-0.25, -0.2) is 0 Å². The molecule has 0 bridgehead atoms. The number of hydrogen-bond donors (Lipinski definition) is 1. The highest BCUT2D eigenvalue weighted by Crippen LogP contribution is 2.37. The van der Waals surface area contributed by atoms with Gasteiger partial charge >= 0.3 is 5.97 Å². The highest BCUT2D eigenvalue weighted by Gasteiger charge is 2.47. The molecule has 0 amide bonds. The Hall–Kier alpha value is -0.610. The smallest absolute Gasteiger partial charge is 0.326 e. The highest BCUT2D eigenvalue weighted by molar-refractivity contribution is 5.81. The zero-order valence-electron chi connectivity index (χ0n) is 14.0. The summed E-state index contributed by atoms with van der Waals surface area (Å²) in [5, 5.41) is 3.43. The highest BCUT2D eigenvalue weighted by atomic mass is 16.5. The third kappa shape index (κ3) is 3.59. The molecule has 1 aliphatic heterocycles. The first-order valence-corrected chi connectivity index (χ1v) is 8.76. The SMILES string of the molecule is CCNC1(C(=O)OC)CCC(N2CCCCCC2CC)C1. The third-order valence-corrected chi connectivity index (χ3v) is 5.44. The average Bonchev–Trinajstić information content (AvgIpc) is 2.78. The molecular formula is C17H32N2O2. The fourth-order valence-electron chi connectivity index (χ4n) is 4.37. The van der Waals surface area contributed by atoms with E-state index < -0.39 is 5.54 Å². The summed E-state index contributed by atoms with van der Waals surface area (Å²) in [6.45, 7) is 6.39. The van der Waals surface area contributed by atoms with Gasteiger partial charge in [-0.05, 0) is 51.6 Å². The fourth-order valence-corrected chi connectivity index (χ4v) is 4.37. The van der Waals surface area contributed by atoms with E-state index >= 15 is 0 Å². The molecule has 1 heterocycles. The van der Waals surface area contributed by atoms with Gasteiger partial charge in [0.05, 0.1) is 7.11 Å². The van der Waals surface area contributed by atoms with Crippen LogP contribution in [0.1, 0.15) is 65.2 Å². The van der Waals surface area contributed by atoms with Crippen LogP contribution in [-0.4, -0.2) is 48.7 Å². The van der Waals surface area contributed by atoms with Gasteiger partial charge in [-0.1, -0.05) is 26.7 Å². The number of ether oxygens (including phenoxy) is 1. The number of esters is 1. The molecule has 2 aliphatic rings. The van der Waals surface area contributed by atoms with Gasteiger partial charge in [0.1, 0.15) is 5.54 Å². The van der Waals surface area contributed by atoms with Gasteiger partial charge in [0.2, 0.25) is 0 Å². The molecule has 0 aromatic rings. The van der Waals surface area contributed by atoms with E-state index in [2.05, 4.69) is 24.1 Å². The van der Waals surface area contributed by atoms with E-state index in [1.165, 1.54) is 45.8 Å². The summed E-state index contributed by atoms with van der Waals surface area (Å²) in [5.74, 6) is -0.0743. The normalized spacial score (nSPS) is 34.6. The van der Waals surface area contributed by atoms with E-state index in [9.17, 15) is 4.79 Å². The second-order valence-corrected chi connectivity index (χ2v) is 6.65. The van der Waals surface area contributed by atoms with Crippen LogP contribution in [0.4, 0.5) is 0 Å². The zero-order chi connectivity index (χ0) is 15.3. The van der Waals surface area contributed by atoms with Gasteiger partial charge in [0.15, 0.2) is 0 Å². The Morgan fingerprint density at radius 3 is 2.76 bits per heavy atom. The molecule has 3 atom stereocenters. The summed E-state index contributed by atoms with van der Waals surface area (Å²) in [6, 6.07) is 1.23. The molecule has 1 aliphatic carbocycles. The van der Waals surface area contributed by atoms with Crippen molar-refractivity contribution in [2.45, 2.75) is 82.8 Å². The van der Waals surface area contributed by atoms with Crippen LogP contribution >= 0.6 is 0 Å². The van der Waals surface area contributed by atoms with Crippen molar-refractivity contribution >= 4 is 5.97 Å². The fraction of sp³-hybridized carbons (Fsp3) is 0.941. The molecular weight excluding hydrogens is 264 g/mol. The quantitative estimate of drug-likeness (QED) is 0.792. The van der Waals surface area contributed by atoms with Gasteiger partial charge in [0.25, 0.3) is 0 Å². The number of nitrogens with one attached hydrogen (secondary N) is 1. The molecule has 21 heavy (non-hydrogen) atoms. The second kappa shape index (κ2) is 7.59. The van der Waals surface area contributed by atoms with E-state index in [1.807, 2.05) is 0 Å². The molecule has 2 fully saturated rings. The van der Waals surface area contributed by atoms with E-state index in [0.29, 0.717) is 12.1 Å². The number of methoxy groups -OCH3 is 1. The third-order valence-electron chi connectivity index (χ3n) is 5.44. The number of rotatable bonds is 5. The first kappa shape index (κ1) is 16.8. The van der Waals surface area contributed by atoms with E-state index in [0.717, 1.165) is 25.8 Å². The largest absolute Gasteiger partial charge is 0.468 e. The summed E-state index contributed by atoms with van der Waals surface area (Å²) in [6.07, 6.45) is 9.49. The predicted octanol–water partition coefficient (Wildman–Crippen LogP) is 2.71. The van der Waals surface area contributed by atoms with Gasteiger partial charge in [-0.3, -0.25) is 9.69 Å². The number of hydrogen-bond acceptors (Lipinski definition) is 4. The Balaban J connectivity index is 2.09. The molecule has 0 spiro atoms. The minimum absolute atomic E-state index is 0.0743. The van der Waals surface area contributed by atoms with Gasteiger partial charge in [-0.2, -0.15) is 0 Å². The molecule has 1 saturated carbocycles. The van der Waals surface area contributed by atoms with E-state index in [1.54, 1.807) is 0 Å². The van der Waals surface area contributed by atoms with Crippen LogP contribution in [0.5, 0.6) is 0 Å². The summed E-state index contributed by atoms with van der Waals surface area (Å²) in [5.41, 5.74) is -0.446. The van der Waals surface area contributed by atoms with Crippen LogP contribution in [0.15, 0.2) is 0 Å². The lowest BCUT2D eigenvalue weighted by atomic mass is 9.96. The predicted molar refractivity (Wildman–Crippen MR) is 85.3 cm³/mol. The number of likely N-dealkylation sites (N-methyl/N-ethyl adjacent to an activating group) is 1. The maximum atomic E-state index is 12.3. The molecule has 1 N–H and O–H groups in total. The van der Waals surface area contributed by atoms with Crippen LogP contribution in [0.3, 0.4) is 0 Å². The van der Waals surface area contributed by atoms with Crippen LogP contribution in [0.25, 0.3) is 0 Å². The molecule has 1 saturated heterocycles. The lowest BCUT2D eigenvalue weighted by molar-refractivity contribution is -0.148. The molecule has 2 rings (SSSR count). The van der Waals surface area contributed by atoms with E-state index in [-0.39, 0.29) is 5.97 Å². The van der Waals surface area contributed by atoms with Crippen LogP contribution in [-0.2, 0) is 9.53 Å². The monoisotopic (exact) mass is 296 g/mol. The molecule has 0 radical (unpaired) electrons. The van der Waals surface area contributed by atoms with Crippen molar-refractivity contribution in [3.05, 3.63) is 0 Å². The van der Waals surface area contributed by atoms with Gasteiger partial charge < -0.3 is 10.1 Å². The van der Waals surface area contributed by atoms with Gasteiger partial charge in [-0.15, -0.1) is 0 Å². The Morgan fingerprint density at radius 2 is 2.10 bits per heavy atom. The Kier molecular flexibility index (Phi) is 6.06. The standard InChI is InChI=1S/C17H32N2O2/c1-4-14-9-7-6-8-12-19(14)15-10-11-17(13-15,18-5-2)16(20)21-3/h14-15,18H,4-13H2,1-3H3. The molecule has 0 aromatic carbocycles. The summed E-state index contributed by atoms with van der Waals surface area (Å²) in [4.78, 5) is 15.0. The van der Waals surface area contributed by atoms with Crippen molar-refractivity contribution < 1.29 is 9.53 Å². The maximum absolute atomic E-state index is 12.3. The maximum Gasteiger partial charge on any atom is 0.326 e. The van der Waals surface area contributed by atoms with E-state index in [4.69, 9.17) is 4.74 Å². The van der Waals surface area contributed by atoms with Crippen LogP contribution in [0, 0.1) is 0 Å². The summed E-state index contributed by atoms with van der Waals surface area (Å²) in [7, 11) is 1.51. The lowest BCUT2D eigenvalue weighted by Crippen LogP contribution is -2.52. The first-order valence-electron chi connectivity index (χ1n) is 8.76. The molecule has 0 aromatic heterocycles. The first-order chi connectivity index (χ1) is 10.2. The number of likely N-dealkylation sites (tertiary alicyclic amines) is 1. The Bertz CT molecular complexity index is 348. The van der Waals surface area contributed by atoms with Crippen molar-refractivity contribution in [3.63, 3.8) is 0 Å². The van der Waals surface area contributed by atoms with Crippen molar-refractivity contribution in [1.82, 2.24) is 10.2 Å². The van der Waals surface area contributed by atoms with Crippen LogP contribution in [0.2, 0.25) is 0 Å². The molecule has 4 heteroatoms. The topological polar surface area (TPSA) is 41.6 Å². The Morgan fingerprint density at radius 1 is 1.29 bits per heavy atom. The number of nitrogens with zero attached hydrogens (tertiary/aromatic N) is 1. The van der Waals surface area contributed by atoms with Crippen molar-refractivity contribution in [3.8, 4) is 0 Å². The Labute approximate surface area is 129 Å². The molecule has 122 valence electrons.